The van der Waals surface area contributed by atoms with Crippen LogP contribution in [-0.4, -0.2) is 164 Å². The van der Waals surface area contributed by atoms with E-state index in [0.29, 0.717) is 0 Å². The quantitative estimate of drug-likeness (QED) is 0.265. The van der Waals surface area contributed by atoms with Gasteiger partial charge in [-0.2, -0.15) is 0 Å². The first kappa shape index (κ1) is 63.2. The van der Waals surface area contributed by atoms with Gasteiger partial charge in [0.1, 0.15) is 0 Å². The van der Waals surface area contributed by atoms with Crippen molar-refractivity contribution >= 4 is 164 Å². The fourth-order valence-electron chi connectivity index (χ4n) is 0. The summed E-state index contributed by atoms with van der Waals surface area (Å²) in [6.45, 7) is 0. The maximum Gasteiger partial charge on any atom is 3.00 e. The smallest absolute Gasteiger partial charge is 0.672 e. The molecule has 0 rings (SSSR count). The number of hydrogen-bond donors (Lipinski definition) is 0. The Kier molecular flexibility index (Phi) is 142. The maximum atomic E-state index is 8.52. The monoisotopic (exact) mass is 525 g/mol. The predicted molar refractivity (Wildman–Crippen MR) is 61.0 cm³/mol. The van der Waals surface area contributed by atoms with Crippen molar-refractivity contribution < 1.29 is 70.3 Å². The summed E-state index contributed by atoms with van der Waals surface area (Å²) in [5.74, 6) is 0. The van der Waals surface area contributed by atoms with Gasteiger partial charge in [-0.3, -0.25) is 0 Å². The van der Waals surface area contributed by atoms with Crippen LogP contribution in [0.15, 0.2) is 0 Å². The van der Waals surface area contributed by atoms with E-state index in [0.717, 1.165) is 0 Å². The molecular formula is Al2BCa2O15Si5. The third-order valence-electron chi connectivity index (χ3n) is 0. The molecule has 0 atom stereocenters. The van der Waals surface area contributed by atoms with Crippen LogP contribution in [0.1, 0.15) is 0 Å². The van der Waals surface area contributed by atoms with Crippen molar-refractivity contribution in [3.05, 3.63) is 0 Å². The van der Waals surface area contributed by atoms with E-state index in [1.807, 2.05) is 0 Å². The Morgan fingerprint density at radius 2 is 0.360 bits per heavy atom. The molecule has 0 N–H and O–H groups in total. The van der Waals surface area contributed by atoms with Crippen molar-refractivity contribution in [1.82, 2.24) is 0 Å². The maximum absolute atomic E-state index is 8.52. The molecule has 123 valence electrons. The third kappa shape index (κ3) is 4820. The van der Waals surface area contributed by atoms with Crippen LogP contribution in [0.3, 0.4) is 0 Å². The molecule has 0 unspecified atom stereocenters. The molecule has 0 aromatic carbocycles. The zero-order chi connectivity index (χ0) is 17.9. The zero-order valence-corrected chi connectivity index (χ0v) is 23.5. The fraction of sp³-hybridized carbons (Fsp3) is 0. The first-order chi connectivity index (χ1) is 8.66. The van der Waals surface area contributed by atoms with Gasteiger partial charge < -0.3 is 70.3 Å². The fourth-order valence-corrected chi connectivity index (χ4v) is 0. The average Bonchev–Trinajstić information content (AvgIpc) is 1.94. The van der Waals surface area contributed by atoms with Gasteiger partial charge in [-0.1, -0.05) is 0 Å². The minimum absolute atomic E-state index is 0. The van der Waals surface area contributed by atoms with Crippen LogP contribution in [0.5, 0.6) is 0 Å². The van der Waals surface area contributed by atoms with Crippen molar-refractivity contribution in [2.24, 2.45) is 0 Å². The molecule has 0 saturated heterocycles. The Bertz CT molecular complexity index is 227. The van der Waals surface area contributed by atoms with E-state index >= 15 is 0 Å². The molecule has 0 aliphatic carbocycles. The minimum atomic E-state index is -3.63. The van der Waals surface area contributed by atoms with E-state index < -0.39 is 45.9 Å². The van der Waals surface area contributed by atoms with Crippen molar-refractivity contribution in [3.63, 3.8) is 0 Å². The van der Waals surface area contributed by atoms with Crippen molar-refractivity contribution in [2.45, 2.75) is 0 Å². The molecule has 25 heteroatoms. The Morgan fingerprint density at radius 1 is 0.360 bits per heavy atom. The SMILES string of the molecule is O=[Si]([O-])[O-].O=[Si]([O-])[O-].O=[Si]([O-])[O-].O=[Si]([O-])[O-].O=[Si]([O-])[O-].[Al+3].[Al+3].[B].[Ca+2].[Ca+2]. The normalized spacial score (nSPS) is 4.80. The molecule has 0 aliphatic heterocycles. The van der Waals surface area contributed by atoms with Gasteiger partial charge in [-0.25, -0.2) is 0 Å². The second-order valence-corrected chi connectivity index (χ2v) is 3.75. The van der Waals surface area contributed by atoms with Gasteiger partial charge in [0.25, 0.3) is 0 Å². The molecular weight excluding hydrogens is 525 g/mol. The summed E-state index contributed by atoms with van der Waals surface area (Å²) in [5, 5.41) is 0. The molecule has 0 fully saturated rings. The van der Waals surface area contributed by atoms with Gasteiger partial charge in [-0.15, -0.1) is 0 Å². The van der Waals surface area contributed by atoms with Gasteiger partial charge in [0.2, 0.25) is 0 Å². The van der Waals surface area contributed by atoms with Crippen LogP contribution >= 0.6 is 0 Å². The van der Waals surface area contributed by atoms with Crippen molar-refractivity contribution in [1.29, 1.82) is 0 Å². The largest absolute Gasteiger partial charge is 3.00 e. The van der Waals surface area contributed by atoms with Gasteiger partial charge in [-0.05, 0) is 0 Å². The Morgan fingerprint density at radius 3 is 0.360 bits per heavy atom. The molecule has 0 amide bonds. The van der Waals surface area contributed by atoms with E-state index in [1.54, 1.807) is 0 Å². The molecule has 0 aromatic rings. The Hall–Kier alpha value is 1.73. The predicted octanol–water partition coefficient (Wildman–Crippen LogP) is -16.3. The zero-order valence-electron chi connectivity index (χ0n) is 11.8. The molecule has 0 aromatic heterocycles. The van der Waals surface area contributed by atoms with Crippen molar-refractivity contribution in [3.8, 4) is 0 Å². The van der Waals surface area contributed by atoms with Crippen LogP contribution in [0.4, 0.5) is 0 Å². The summed E-state index contributed by atoms with van der Waals surface area (Å²) in [5.41, 5.74) is 0. The molecule has 0 aliphatic rings. The topological polar surface area (TPSA) is 316 Å². The summed E-state index contributed by atoms with van der Waals surface area (Å²) in [4.78, 5) is 85.2. The summed E-state index contributed by atoms with van der Waals surface area (Å²) < 4.78 is 42.6. The minimum Gasteiger partial charge on any atom is -0.672 e. The van der Waals surface area contributed by atoms with Crippen LogP contribution in [-0.2, 0) is 22.3 Å². The van der Waals surface area contributed by atoms with E-state index in [9.17, 15) is 0 Å². The van der Waals surface area contributed by atoms with Crippen LogP contribution in [0.2, 0.25) is 0 Å². The first-order valence-corrected chi connectivity index (χ1v) is 9.19. The Balaban J connectivity index is -0.0000000134. The molecule has 3 radical (unpaired) electrons. The third-order valence-corrected chi connectivity index (χ3v) is 0. The van der Waals surface area contributed by atoms with Gasteiger partial charge in [0, 0.05) is 54.3 Å². The summed E-state index contributed by atoms with van der Waals surface area (Å²) in [7, 11) is -18.1. The molecule has 0 heterocycles. The standard InChI is InChI=1S/2Al.B.2Ca.5O3Si/c;;;;;5*1-4(2)3/q2*+3;;2*+2;5*-2. The van der Waals surface area contributed by atoms with Gasteiger partial charge >= 0.3 is 110 Å². The average molecular weight is 525 g/mol. The van der Waals surface area contributed by atoms with E-state index in [4.69, 9.17) is 70.3 Å². The van der Waals surface area contributed by atoms with E-state index in [-0.39, 0.29) is 119 Å². The number of rotatable bonds is 0. The van der Waals surface area contributed by atoms with Crippen molar-refractivity contribution in [2.75, 3.05) is 0 Å². The van der Waals surface area contributed by atoms with Crippen LogP contribution in [0.25, 0.3) is 0 Å². The summed E-state index contributed by atoms with van der Waals surface area (Å²) in [6, 6.07) is 0. The molecule has 25 heavy (non-hydrogen) atoms. The summed E-state index contributed by atoms with van der Waals surface area (Å²) >= 11 is 0. The second kappa shape index (κ2) is 56.2. The molecule has 0 saturated carbocycles. The van der Waals surface area contributed by atoms with E-state index in [1.165, 1.54) is 0 Å². The second-order valence-electron chi connectivity index (χ2n) is 1.25. The number of hydrogen-bond acceptors (Lipinski definition) is 15. The molecule has 0 spiro atoms. The first-order valence-electron chi connectivity index (χ1n) is 3.06. The van der Waals surface area contributed by atoms with Gasteiger partial charge in [0.05, 0.1) is 0 Å². The van der Waals surface area contributed by atoms with Crippen LogP contribution in [0, 0.1) is 0 Å². The molecule has 15 nitrogen and oxygen atoms in total. The van der Waals surface area contributed by atoms with Crippen LogP contribution < -0.4 is 48.0 Å². The van der Waals surface area contributed by atoms with E-state index in [2.05, 4.69) is 0 Å². The summed E-state index contributed by atoms with van der Waals surface area (Å²) in [6.07, 6.45) is 0. The Labute approximate surface area is 231 Å². The van der Waals surface area contributed by atoms with Gasteiger partial charge in [0.15, 0.2) is 0 Å². The molecule has 0 bridgehead atoms.